The van der Waals surface area contributed by atoms with Gasteiger partial charge in [0.15, 0.2) is 0 Å². The zero-order chi connectivity index (χ0) is 18.2. The molecular weight excluding hydrogens is 324 g/mol. The first-order valence-corrected chi connectivity index (χ1v) is 9.10. The predicted molar refractivity (Wildman–Crippen MR) is 103 cm³/mol. The summed E-state index contributed by atoms with van der Waals surface area (Å²) in [7, 11) is 0. The van der Waals surface area contributed by atoms with Gasteiger partial charge in [0.25, 0.3) is 0 Å². The first kappa shape index (κ1) is 18.1. The summed E-state index contributed by atoms with van der Waals surface area (Å²) in [6.07, 6.45) is 6.11. The van der Waals surface area contributed by atoms with E-state index in [4.69, 9.17) is 5.21 Å². The number of hydrogen-bond acceptors (Lipinski definition) is 3. The van der Waals surface area contributed by atoms with Crippen molar-refractivity contribution in [2.24, 2.45) is 0 Å². The molecule has 0 aliphatic rings. The van der Waals surface area contributed by atoms with Crippen molar-refractivity contribution >= 4 is 16.8 Å². The van der Waals surface area contributed by atoms with Crippen LogP contribution in [0.25, 0.3) is 10.9 Å². The molecule has 4 nitrogen and oxygen atoms in total. The largest absolute Gasteiger partial charge is 0.289 e. The average Bonchev–Trinajstić information content (AvgIpc) is 2.70. The Morgan fingerprint density at radius 1 is 0.962 bits per heavy atom. The van der Waals surface area contributed by atoms with E-state index in [0.29, 0.717) is 12.3 Å². The Labute approximate surface area is 153 Å². The molecule has 0 aliphatic heterocycles. The topological polar surface area (TPSA) is 62.2 Å². The van der Waals surface area contributed by atoms with Gasteiger partial charge in [-0.1, -0.05) is 61.4 Å². The van der Waals surface area contributed by atoms with E-state index in [1.54, 1.807) is 5.48 Å². The quantitative estimate of drug-likeness (QED) is 0.348. The molecule has 26 heavy (non-hydrogen) atoms. The Kier molecular flexibility index (Phi) is 6.34. The summed E-state index contributed by atoms with van der Waals surface area (Å²) in [5.41, 5.74) is 5.21. The maximum Gasteiger partial charge on any atom is 0.243 e. The van der Waals surface area contributed by atoms with Gasteiger partial charge in [0.05, 0.1) is 5.52 Å². The van der Waals surface area contributed by atoms with E-state index in [1.165, 1.54) is 11.1 Å². The highest BCUT2D eigenvalue weighted by atomic mass is 16.5. The molecular formula is C22H24N2O2. The number of aromatic nitrogens is 1. The monoisotopic (exact) mass is 348 g/mol. The van der Waals surface area contributed by atoms with Gasteiger partial charge in [0, 0.05) is 23.9 Å². The number of rotatable bonds is 8. The summed E-state index contributed by atoms with van der Waals surface area (Å²) in [4.78, 5) is 15.7. The van der Waals surface area contributed by atoms with E-state index in [2.05, 4.69) is 41.4 Å². The molecule has 134 valence electrons. The lowest BCUT2D eigenvalue weighted by molar-refractivity contribution is -0.129. The van der Waals surface area contributed by atoms with E-state index in [9.17, 15) is 4.79 Å². The third kappa shape index (κ3) is 4.67. The van der Waals surface area contributed by atoms with Crippen LogP contribution < -0.4 is 5.48 Å². The minimum Gasteiger partial charge on any atom is -0.289 e. The van der Waals surface area contributed by atoms with Crippen LogP contribution in [-0.4, -0.2) is 16.1 Å². The number of pyridine rings is 1. The molecule has 0 radical (unpaired) electrons. The fourth-order valence-corrected chi connectivity index (χ4v) is 3.36. The molecule has 1 heterocycles. The zero-order valence-corrected chi connectivity index (χ0v) is 14.8. The van der Waals surface area contributed by atoms with E-state index in [1.807, 2.05) is 30.5 Å². The summed E-state index contributed by atoms with van der Waals surface area (Å²) < 4.78 is 0. The van der Waals surface area contributed by atoms with Crippen molar-refractivity contribution in [2.45, 2.75) is 38.0 Å². The van der Waals surface area contributed by atoms with Crippen LogP contribution >= 0.6 is 0 Å². The first-order chi connectivity index (χ1) is 12.8. The molecule has 2 N–H and O–H groups in total. The number of carbonyl (C=O) groups excluding carboxylic acids is 1. The Morgan fingerprint density at radius 2 is 1.73 bits per heavy atom. The van der Waals surface area contributed by atoms with Gasteiger partial charge in [-0.05, 0) is 36.1 Å². The lowest BCUT2D eigenvalue weighted by atomic mass is 9.87. The van der Waals surface area contributed by atoms with Gasteiger partial charge in [-0.25, -0.2) is 5.48 Å². The summed E-state index contributed by atoms with van der Waals surface area (Å²) in [6, 6.07) is 20.9. The van der Waals surface area contributed by atoms with E-state index < -0.39 is 0 Å². The second-order valence-electron chi connectivity index (χ2n) is 6.56. The highest BCUT2D eigenvalue weighted by Crippen LogP contribution is 2.31. The van der Waals surface area contributed by atoms with Crippen molar-refractivity contribution in [3.8, 4) is 0 Å². The number of nitrogens with one attached hydrogen (secondary N) is 1. The van der Waals surface area contributed by atoms with Gasteiger partial charge in [-0.3, -0.25) is 15.0 Å². The van der Waals surface area contributed by atoms with Crippen molar-refractivity contribution in [1.29, 1.82) is 0 Å². The lowest BCUT2D eigenvalue weighted by Gasteiger charge is -2.18. The lowest BCUT2D eigenvalue weighted by Crippen LogP contribution is -2.17. The standard InChI is InChI=1S/C22H24N2O2/c25-22(24-26)14-6-2-5-12-20(17-9-3-1-4-10-17)19-15-18-11-7-8-13-21(18)23-16-19/h1,3-4,7-11,13,15-16,20,26H,2,5-6,12,14H2,(H,24,25). The fourth-order valence-electron chi connectivity index (χ4n) is 3.36. The Morgan fingerprint density at radius 3 is 2.54 bits per heavy atom. The molecule has 1 atom stereocenters. The molecule has 4 heteroatoms. The van der Waals surface area contributed by atoms with Crippen LogP contribution in [0.2, 0.25) is 0 Å². The van der Waals surface area contributed by atoms with Crippen LogP contribution in [0.5, 0.6) is 0 Å². The number of carbonyl (C=O) groups is 1. The van der Waals surface area contributed by atoms with Gasteiger partial charge in [-0.2, -0.15) is 0 Å². The SMILES string of the molecule is O=C(CCCCCC(c1ccccc1)c1cnc2ccccc2c1)NO. The van der Waals surface area contributed by atoms with Crippen LogP contribution in [0.15, 0.2) is 66.9 Å². The Hall–Kier alpha value is -2.72. The number of amides is 1. The van der Waals surface area contributed by atoms with Crippen LogP contribution in [0.3, 0.4) is 0 Å². The van der Waals surface area contributed by atoms with Gasteiger partial charge >= 0.3 is 0 Å². The zero-order valence-electron chi connectivity index (χ0n) is 14.8. The van der Waals surface area contributed by atoms with Crippen LogP contribution in [-0.2, 0) is 4.79 Å². The van der Waals surface area contributed by atoms with Gasteiger partial charge in [-0.15, -0.1) is 0 Å². The minimum atomic E-state index is -0.316. The molecule has 1 unspecified atom stereocenters. The van der Waals surface area contributed by atoms with E-state index >= 15 is 0 Å². The normalized spacial score (nSPS) is 12.0. The summed E-state index contributed by atoms with van der Waals surface area (Å²) in [6.45, 7) is 0. The number of hydroxylamine groups is 1. The maximum atomic E-state index is 11.1. The smallest absolute Gasteiger partial charge is 0.243 e. The number of para-hydroxylation sites is 1. The predicted octanol–water partition coefficient (Wildman–Crippen LogP) is 4.82. The molecule has 0 saturated heterocycles. The maximum absolute atomic E-state index is 11.1. The number of unbranched alkanes of at least 4 members (excludes halogenated alkanes) is 2. The van der Waals surface area contributed by atoms with Crippen molar-refractivity contribution in [3.05, 3.63) is 78.0 Å². The molecule has 0 fully saturated rings. The number of benzene rings is 2. The molecule has 0 spiro atoms. The molecule has 3 aromatic rings. The summed E-state index contributed by atoms with van der Waals surface area (Å²) >= 11 is 0. The third-order valence-electron chi connectivity index (χ3n) is 4.74. The highest BCUT2D eigenvalue weighted by Gasteiger charge is 2.15. The Bertz CT molecular complexity index is 849. The second-order valence-corrected chi connectivity index (χ2v) is 6.56. The molecule has 3 rings (SSSR count). The van der Waals surface area contributed by atoms with Crippen LogP contribution in [0.1, 0.15) is 49.1 Å². The number of fused-ring (bicyclic) bond motifs is 1. The number of nitrogens with zero attached hydrogens (tertiary/aromatic N) is 1. The minimum absolute atomic E-state index is 0.292. The van der Waals surface area contributed by atoms with Crippen molar-refractivity contribution in [1.82, 2.24) is 10.5 Å². The molecule has 0 aliphatic carbocycles. The molecule has 0 saturated carbocycles. The second kappa shape index (κ2) is 9.11. The Balaban J connectivity index is 1.74. The fraction of sp³-hybridized carbons (Fsp3) is 0.273. The van der Waals surface area contributed by atoms with Crippen LogP contribution in [0.4, 0.5) is 0 Å². The molecule has 0 bridgehead atoms. The van der Waals surface area contributed by atoms with Crippen molar-refractivity contribution < 1.29 is 10.0 Å². The third-order valence-corrected chi connectivity index (χ3v) is 4.74. The highest BCUT2D eigenvalue weighted by molar-refractivity contribution is 5.79. The van der Waals surface area contributed by atoms with E-state index in [-0.39, 0.29) is 5.91 Å². The summed E-state index contributed by atoms with van der Waals surface area (Å²) in [5.74, 6) is -0.0247. The van der Waals surface area contributed by atoms with Crippen molar-refractivity contribution in [2.75, 3.05) is 0 Å². The van der Waals surface area contributed by atoms with Gasteiger partial charge in [0.2, 0.25) is 5.91 Å². The van der Waals surface area contributed by atoms with Gasteiger partial charge in [0.1, 0.15) is 0 Å². The average molecular weight is 348 g/mol. The van der Waals surface area contributed by atoms with E-state index in [0.717, 1.165) is 36.6 Å². The first-order valence-electron chi connectivity index (χ1n) is 9.10. The molecule has 2 aromatic carbocycles. The van der Waals surface area contributed by atoms with Crippen LogP contribution in [0, 0.1) is 0 Å². The van der Waals surface area contributed by atoms with Crippen molar-refractivity contribution in [3.63, 3.8) is 0 Å². The summed E-state index contributed by atoms with van der Waals surface area (Å²) in [5, 5.41) is 9.71. The number of hydrogen-bond donors (Lipinski definition) is 2. The van der Waals surface area contributed by atoms with Gasteiger partial charge < -0.3 is 0 Å². The molecule has 1 amide bonds. The molecule has 1 aromatic heterocycles.